The molecule has 1 saturated carbocycles. The number of nitrogens with one attached hydrogen (secondary N) is 1. The fourth-order valence-electron chi connectivity index (χ4n) is 5.78. The molecule has 5 rings (SSSR count). The normalized spacial score (nSPS) is 24.5. The minimum absolute atomic E-state index is 0.159. The topological polar surface area (TPSA) is 112 Å². The van der Waals surface area contributed by atoms with Crippen LogP contribution in [-0.2, 0) is 23.9 Å². The number of hydrogen-bond donors (Lipinski definition) is 1. The summed E-state index contributed by atoms with van der Waals surface area (Å²) < 4.78 is 16.6. The van der Waals surface area contributed by atoms with Gasteiger partial charge in [-0.1, -0.05) is 19.1 Å². The van der Waals surface area contributed by atoms with Crippen LogP contribution >= 0.6 is 0 Å². The van der Waals surface area contributed by atoms with Gasteiger partial charge in [-0.25, -0.2) is 4.79 Å². The van der Waals surface area contributed by atoms with E-state index in [1.165, 1.54) is 13.4 Å². The number of methoxy groups -OCH3 is 1. The standard InChI is InChI=1S/C28H29NO7/c1-14-12-19-24(26(31)21(14)27(32)34-3)23(18-13-35-20-11-7-6-10-17(20)25(18)30)22(15(2)29-19)28(33)36-16-8-4-5-9-16/h6-7,10-11,13-14,16,21,23,29H,4-5,8-9,12H2,1-3H3/t14-,21-,23-/m0/s1. The highest BCUT2D eigenvalue weighted by molar-refractivity contribution is 6.12. The molecule has 36 heavy (non-hydrogen) atoms. The molecule has 8 heteroatoms. The molecule has 3 aliphatic rings. The number of carbonyl (C=O) groups is 3. The fraction of sp³-hybridized carbons (Fsp3) is 0.429. The largest absolute Gasteiger partial charge is 0.468 e. The molecule has 0 unspecified atom stereocenters. The zero-order valence-electron chi connectivity index (χ0n) is 20.6. The van der Waals surface area contributed by atoms with Crippen LogP contribution in [0, 0.1) is 11.8 Å². The second-order valence-corrected chi connectivity index (χ2v) is 9.86. The summed E-state index contributed by atoms with van der Waals surface area (Å²) in [7, 11) is 1.25. The summed E-state index contributed by atoms with van der Waals surface area (Å²) in [5, 5.41) is 3.57. The fourth-order valence-corrected chi connectivity index (χ4v) is 5.78. The van der Waals surface area contributed by atoms with Crippen LogP contribution in [0.4, 0.5) is 0 Å². The van der Waals surface area contributed by atoms with Gasteiger partial charge in [0, 0.05) is 22.5 Å². The van der Waals surface area contributed by atoms with Gasteiger partial charge in [-0.3, -0.25) is 14.4 Å². The number of ketones is 1. The lowest BCUT2D eigenvalue weighted by Gasteiger charge is -2.38. The monoisotopic (exact) mass is 491 g/mol. The Kier molecular flexibility index (Phi) is 6.28. The first-order chi connectivity index (χ1) is 17.3. The summed E-state index contributed by atoms with van der Waals surface area (Å²) in [6.07, 6.45) is 5.04. The summed E-state index contributed by atoms with van der Waals surface area (Å²) in [5.41, 5.74) is 1.75. The van der Waals surface area contributed by atoms with E-state index in [0.717, 1.165) is 25.7 Å². The van der Waals surface area contributed by atoms with Gasteiger partial charge in [-0.2, -0.15) is 0 Å². The average molecular weight is 492 g/mol. The van der Waals surface area contributed by atoms with Crippen LogP contribution in [0.2, 0.25) is 0 Å². The van der Waals surface area contributed by atoms with Gasteiger partial charge in [0.2, 0.25) is 0 Å². The number of benzene rings is 1. The Morgan fingerprint density at radius 3 is 2.56 bits per heavy atom. The third-order valence-corrected chi connectivity index (χ3v) is 7.56. The molecule has 188 valence electrons. The van der Waals surface area contributed by atoms with E-state index < -0.39 is 29.6 Å². The van der Waals surface area contributed by atoms with E-state index in [2.05, 4.69) is 5.32 Å². The average Bonchev–Trinajstić information content (AvgIpc) is 3.36. The minimum atomic E-state index is -1.03. The van der Waals surface area contributed by atoms with Gasteiger partial charge >= 0.3 is 11.9 Å². The Balaban J connectivity index is 1.69. The Hall–Kier alpha value is -3.68. The number of dihydropyridines is 1. The first-order valence-corrected chi connectivity index (χ1v) is 12.4. The van der Waals surface area contributed by atoms with Gasteiger partial charge in [-0.05, 0) is 57.1 Å². The van der Waals surface area contributed by atoms with Gasteiger partial charge in [0.15, 0.2) is 11.2 Å². The summed E-state index contributed by atoms with van der Waals surface area (Å²) >= 11 is 0. The molecular weight excluding hydrogens is 462 g/mol. The highest BCUT2D eigenvalue weighted by Crippen LogP contribution is 2.45. The molecule has 8 nitrogen and oxygen atoms in total. The minimum Gasteiger partial charge on any atom is -0.468 e. The van der Waals surface area contributed by atoms with Crippen molar-refractivity contribution in [1.29, 1.82) is 0 Å². The molecule has 0 spiro atoms. The third kappa shape index (κ3) is 3.94. The van der Waals surface area contributed by atoms with Crippen molar-refractivity contribution in [2.45, 2.75) is 58.0 Å². The Morgan fingerprint density at radius 1 is 1.11 bits per heavy atom. The van der Waals surface area contributed by atoms with E-state index in [4.69, 9.17) is 13.9 Å². The first kappa shape index (κ1) is 24.0. The van der Waals surface area contributed by atoms with E-state index >= 15 is 0 Å². The van der Waals surface area contributed by atoms with E-state index in [0.29, 0.717) is 28.8 Å². The molecule has 3 atom stereocenters. The summed E-state index contributed by atoms with van der Waals surface area (Å²) in [6, 6.07) is 6.83. The molecule has 2 aliphatic carbocycles. The van der Waals surface area contributed by atoms with Gasteiger partial charge < -0.3 is 19.2 Å². The lowest BCUT2D eigenvalue weighted by Crippen LogP contribution is -2.44. The van der Waals surface area contributed by atoms with Crippen molar-refractivity contribution >= 4 is 28.7 Å². The molecule has 2 aromatic rings. The number of carbonyl (C=O) groups excluding carboxylic acids is 3. The number of fused-ring (bicyclic) bond motifs is 1. The number of rotatable bonds is 4. The SMILES string of the molecule is COC(=O)[C@@H]1C(=O)C2=C(C[C@@H]1C)NC(C)=C(C(=O)OC1CCCC1)[C@@H]2c1coc2ccccc2c1=O. The van der Waals surface area contributed by atoms with Crippen LogP contribution in [0.15, 0.2) is 62.3 Å². The van der Waals surface area contributed by atoms with Crippen molar-refractivity contribution in [3.8, 4) is 0 Å². The van der Waals surface area contributed by atoms with Crippen molar-refractivity contribution in [1.82, 2.24) is 5.32 Å². The zero-order chi connectivity index (χ0) is 25.6. The predicted molar refractivity (Wildman–Crippen MR) is 131 cm³/mol. The maximum Gasteiger partial charge on any atom is 0.337 e. The highest BCUT2D eigenvalue weighted by atomic mass is 16.5. The Morgan fingerprint density at radius 2 is 1.83 bits per heavy atom. The van der Waals surface area contributed by atoms with Crippen LogP contribution in [0.5, 0.6) is 0 Å². The molecule has 1 fully saturated rings. The van der Waals surface area contributed by atoms with E-state index in [1.54, 1.807) is 31.2 Å². The molecule has 0 saturated heterocycles. The lowest BCUT2D eigenvalue weighted by atomic mass is 9.69. The maximum absolute atomic E-state index is 13.8. The van der Waals surface area contributed by atoms with Gasteiger partial charge in [0.25, 0.3) is 0 Å². The van der Waals surface area contributed by atoms with Crippen LogP contribution < -0.4 is 10.7 Å². The molecule has 2 heterocycles. The Bertz CT molecular complexity index is 1380. The molecule has 1 aromatic heterocycles. The van der Waals surface area contributed by atoms with Crippen LogP contribution in [0.3, 0.4) is 0 Å². The summed E-state index contributed by atoms with van der Waals surface area (Å²) in [4.78, 5) is 53.7. The lowest BCUT2D eigenvalue weighted by molar-refractivity contribution is -0.151. The number of allylic oxidation sites excluding steroid dienone is 3. The van der Waals surface area contributed by atoms with E-state index in [1.807, 2.05) is 6.92 Å². The van der Waals surface area contributed by atoms with Gasteiger partial charge in [-0.15, -0.1) is 0 Å². The van der Waals surface area contributed by atoms with Crippen LogP contribution in [-0.4, -0.2) is 30.9 Å². The molecule has 1 aromatic carbocycles. The van der Waals surface area contributed by atoms with Crippen LogP contribution in [0.1, 0.15) is 57.4 Å². The summed E-state index contributed by atoms with van der Waals surface area (Å²) in [6.45, 7) is 3.56. The van der Waals surface area contributed by atoms with Crippen molar-refractivity contribution in [3.05, 3.63) is 68.9 Å². The quantitative estimate of drug-likeness (QED) is 0.506. The number of Topliss-reactive ketones (excluding diaryl/α,β-unsaturated/α-hetero) is 1. The number of esters is 2. The van der Waals surface area contributed by atoms with E-state index in [-0.39, 0.29) is 34.2 Å². The molecule has 0 bridgehead atoms. The number of hydrogen-bond acceptors (Lipinski definition) is 8. The predicted octanol–water partition coefficient (Wildman–Crippen LogP) is 3.89. The highest BCUT2D eigenvalue weighted by Gasteiger charge is 2.48. The third-order valence-electron chi connectivity index (χ3n) is 7.56. The Labute approximate surface area is 208 Å². The van der Waals surface area contributed by atoms with Gasteiger partial charge in [0.1, 0.15) is 17.6 Å². The second-order valence-electron chi connectivity index (χ2n) is 9.86. The summed E-state index contributed by atoms with van der Waals surface area (Å²) in [5.74, 6) is -4.04. The van der Waals surface area contributed by atoms with E-state index in [9.17, 15) is 19.2 Å². The number of para-hydroxylation sites is 1. The molecule has 1 aliphatic heterocycles. The molecular formula is C28H29NO7. The van der Waals surface area contributed by atoms with Crippen molar-refractivity contribution in [2.75, 3.05) is 7.11 Å². The van der Waals surface area contributed by atoms with Crippen molar-refractivity contribution < 1.29 is 28.3 Å². The van der Waals surface area contributed by atoms with Gasteiger partial charge in [0.05, 0.1) is 30.3 Å². The molecule has 0 amide bonds. The zero-order valence-corrected chi connectivity index (χ0v) is 20.6. The maximum atomic E-state index is 13.8. The molecule has 0 radical (unpaired) electrons. The number of ether oxygens (including phenoxy) is 2. The smallest absolute Gasteiger partial charge is 0.337 e. The molecule has 1 N–H and O–H groups in total. The van der Waals surface area contributed by atoms with Crippen LogP contribution in [0.25, 0.3) is 11.0 Å². The van der Waals surface area contributed by atoms with Crippen molar-refractivity contribution in [2.24, 2.45) is 11.8 Å². The van der Waals surface area contributed by atoms with Crippen molar-refractivity contribution in [3.63, 3.8) is 0 Å². The second kappa shape index (κ2) is 9.41. The first-order valence-electron chi connectivity index (χ1n) is 12.4.